The number of carbonyl (C=O) groups excluding carboxylic acids is 1. The van der Waals surface area contributed by atoms with E-state index >= 15 is 0 Å². The largest absolute Gasteiger partial charge is 0.481 e. The molecule has 8 heteroatoms. The van der Waals surface area contributed by atoms with Crippen molar-refractivity contribution in [2.24, 2.45) is 5.73 Å². The lowest BCUT2D eigenvalue weighted by Crippen LogP contribution is -2.37. The minimum atomic E-state index is -3.70. The highest BCUT2D eigenvalue weighted by molar-refractivity contribution is 7.89. The zero-order valence-corrected chi connectivity index (χ0v) is 8.45. The van der Waals surface area contributed by atoms with Crippen LogP contribution < -0.4 is 5.73 Å². The number of aliphatic carboxylic acids is 1. The van der Waals surface area contributed by atoms with Crippen LogP contribution in [0.2, 0.25) is 0 Å². The fraction of sp³-hybridized carbons (Fsp3) is 0.667. The molecule has 0 unspecified atom stereocenters. The van der Waals surface area contributed by atoms with E-state index in [1.807, 2.05) is 0 Å². The van der Waals surface area contributed by atoms with E-state index in [1.54, 1.807) is 0 Å². The number of nitrogens with two attached hydrogens (primary N) is 1. The number of primary amides is 1. The number of amides is 1. The van der Waals surface area contributed by atoms with Gasteiger partial charge in [-0.05, 0) is 0 Å². The second-order valence-electron chi connectivity index (χ2n) is 2.68. The molecule has 14 heavy (non-hydrogen) atoms. The Morgan fingerprint density at radius 2 is 1.93 bits per heavy atom. The molecule has 82 valence electrons. The average molecular weight is 224 g/mol. The Bertz CT molecular complexity index is 323. The van der Waals surface area contributed by atoms with E-state index in [4.69, 9.17) is 10.8 Å². The fourth-order valence-corrected chi connectivity index (χ4v) is 1.76. The van der Waals surface area contributed by atoms with Gasteiger partial charge in [-0.1, -0.05) is 0 Å². The second-order valence-corrected chi connectivity index (χ2v) is 4.88. The van der Waals surface area contributed by atoms with Crippen molar-refractivity contribution in [1.29, 1.82) is 0 Å². The van der Waals surface area contributed by atoms with Crippen molar-refractivity contribution in [3.8, 4) is 0 Å². The number of carboxylic acids is 1. The molecule has 3 N–H and O–H groups in total. The van der Waals surface area contributed by atoms with Crippen LogP contribution in [0.5, 0.6) is 0 Å². The molecule has 0 rings (SSSR count). The molecule has 0 bridgehead atoms. The molecule has 7 nitrogen and oxygen atoms in total. The van der Waals surface area contributed by atoms with Crippen LogP contribution in [0.1, 0.15) is 6.42 Å². The van der Waals surface area contributed by atoms with E-state index in [0.717, 1.165) is 4.31 Å². The molecule has 0 fully saturated rings. The SMILES string of the molecule is CN(CC(N)=O)S(=O)(=O)CCC(=O)O. The summed E-state index contributed by atoms with van der Waals surface area (Å²) < 4.78 is 23.2. The third-order valence-electron chi connectivity index (χ3n) is 1.43. The molecule has 0 aromatic carbocycles. The first-order valence-electron chi connectivity index (χ1n) is 3.70. The van der Waals surface area contributed by atoms with Crippen molar-refractivity contribution in [2.45, 2.75) is 6.42 Å². The molecular formula is C6H12N2O5S. The van der Waals surface area contributed by atoms with Gasteiger partial charge in [0.2, 0.25) is 15.9 Å². The summed E-state index contributed by atoms with van der Waals surface area (Å²) in [5.41, 5.74) is 4.78. The monoisotopic (exact) mass is 224 g/mol. The number of sulfonamides is 1. The van der Waals surface area contributed by atoms with E-state index in [0.29, 0.717) is 0 Å². The number of carbonyl (C=O) groups is 2. The molecular weight excluding hydrogens is 212 g/mol. The lowest BCUT2D eigenvalue weighted by atomic mass is 10.5. The maximum absolute atomic E-state index is 11.2. The van der Waals surface area contributed by atoms with Gasteiger partial charge in [-0.2, -0.15) is 4.31 Å². The predicted molar refractivity (Wildman–Crippen MR) is 47.9 cm³/mol. The van der Waals surface area contributed by atoms with Crippen LogP contribution in [0.3, 0.4) is 0 Å². The number of hydrogen-bond donors (Lipinski definition) is 2. The summed E-state index contributed by atoms with van der Waals surface area (Å²) in [6.45, 7) is -0.443. The van der Waals surface area contributed by atoms with Crippen LogP contribution in [0.4, 0.5) is 0 Å². The van der Waals surface area contributed by atoms with Gasteiger partial charge in [0.15, 0.2) is 0 Å². The number of hydrogen-bond acceptors (Lipinski definition) is 4. The van der Waals surface area contributed by atoms with E-state index in [2.05, 4.69) is 0 Å². The second kappa shape index (κ2) is 4.91. The van der Waals surface area contributed by atoms with Crippen molar-refractivity contribution in [3.05, 3.63) is 0 Å². The smallest absolute Gasteiger partial charge is 0.304 e. The maximum atomic E-state index is 11.2. The van der Waals surface area contributed by atoms with Crippen molar-refractivity contribution in [1.82, 2.24) is 4.31 Å². The molecule has 0 aromatic rings. The maximum Gasteiger partial charge on any atom is 0.304 e. The van der Waals surface area contributed by atoms with Crippen LogP contribution >= 0.6 is 0 Å². The first-order chi connectivity index (χ1) is 6.25. The summed E-state index contributed by atoms with van der Waals surface area (Å²) in [7, 11) is -2.53. The van der Waals surface area contributed by atoms with Gasteiger partial charge >= 0.3 is 5.97 Å². The zero-order chi connectivity index (χ0) is 11.4. The van der Waals surface area contributed by atoms with E-state index in [1.165, 1.54) is 7.05 Å². The fourth-order valence-electron chi connectivity index (χ4n) is 0.690. The summed E-state index contributed by atoms with van der Waals surface area (Å²) in [5, 5.41) is 8.27. The normalized spacial score (nSPS) is 11.6. The summed E-state index contributed by atoms with van der Waals surface area (Å²) >= 11 is 0. The lowest BCUT2D eigenvalue weighted by Gasteiger charge is -2.13. The van der Waals surface area contributed by atoms with Gasteiger partial charge in [0, 0.05) is 7.05 Å². The molecule has 0 saturated heterocycles. The van der Waals surface area contributed by atoms with Gasteiger partial charge < -0.3 is 10.8 Å². The third kappa shape index (κ3) is 4.77. The van der Waals surface area contributed by atoms with Crippen LogP contribution in [0.25, 0.3) is 0 Å². The van der Waals surface area contributed by atoms with Crippen molar-refractivity contribution >= 4 is 21.9 Å². The molecule has 0 aromatic heterocycles. The van der Waals surface area contributed by atoms with Gasteiger partial charge in [0.1, 0.15) is 0 Å². The van der Waals surface area contributed by atoms with Gasteiger partial charge in [-0.25, -0.2) is 8.42 Å². The van der Waals surface area contributed by atoms with Crippen molar-refractivity contribution in [2.75, 3.05) is 19.3 Å². The standard InChI is InChI=1S/C6H12N2O5S/c1-8(4-5(7)9)14(12,13)3-2-6(10)11/h2-4H2,1H3,(H2,7,9)(H,10,11). The van der Waals surface area contributed by atoms with Crippen molar-refractivity contribution in [3.63, 3.8) is 0 Å². The van der Waals surface area contributed by atoms with E-state index in [-0.39, 0.29) is 0 Å². The van der Waals surface area contributed by atoms with Gasteiger partial charge in [0.05, 0.1) is 18.7 Å². The highest BCUT2D eigenvalue weighted by Gasteiger charge is 2.20. The van der Waals surface area contributed by atoms with Crippen LogP contribution in [0, 0.1) is 0 Å². The Hall–Kier alpha value is -1.15. The predicted octanol–water partition coefficient (Wildman–Crippen LogP) is -1.79. The molecule has 0 heterocycles. The Balaban J connectivity index is 4.31. The minimum absolute atomic E-state index is 0.443. The Labute approximate surface area is 81.5 Å². The highest BCUT2D eigenvalue weighted by atomic mass is 32.2. The first-order valence-corrected chi connectivity index (χ1v) is 5.30. The third-order valence-corrected chi connectivity index (χ3v) is 3.23. The molecule has 0 radical (unpaired) electrons. The minimum Gasteiger partial charge on any atom is -0.481 e. The molecule has 1 amide bonds. The lowest BCUT2D eigenvalue weighted by molar-refractivity contribution is -0.136. The van der Waals surface area contributed by atoms with Gasteiger partial charge in [-0.3, -0.25) is 9.59 Å². The molecule has 0 aliphatic rings. The number of likely N-dealkylation sites (N-methyl/N-ethyl adjacent to an activating group) is 1. The zero-order valence-electron chi connectivity index (χ0n) is 7.63. The molecule has 0 spiro atoms. The van der Waals surface area contributed by atoms with Gasteiger partial charge in [0.25, 0.3) is 0 Å². The number of rotatable bonds is 6. The summed E-state index contributed by atoms with van der Waals surface area (Å²) in [6.07, 6.45) is -0.495. The first kappa shape index (κ1) is 12.8. The van der Waals surface area contributed by atoms with Gasteiger partial charge in [-0.15, -0.1) is 0 Å². The van der Waals surface area contributed by atoms with Crippen LogP contribution in [0.15, 0.2) is 0 Å². The molecule has 0 atom stereocenters. The number of nitrogens with zero attached hydrogens (tertiary/aromatic N) is 1. The summed E-state index contributed by atoms with van der Waals surface area (Å²) in [4.78, 5) is 20.5. The van der Waals surface area contributed by atoms with Crippen molar-refractivity contribution < 1.29 is 23.1 Å². The molecule has 0 aliphatic carbocycles. The summed E-state index contributed by atoms with van der Waals surface area (Å²) in [6, 6.07) is 0. The highest BCUT2D eigenvalue weighted by Crippen LogP contribution is 1.99. The molecule has 0 aliphatic heterocycles. The average Bonchev–Trinajstić information content (AvgIpc) is 1.99. The van der Waals surface area contributed by atoms with Crippen LogP contribution in [-0.4, -0.2) is 49.1 Å². The van der Waals surface area contributed by atoms with E-state index < -0.39 is 40.6 Å². The Kier molecular flexibility index (Phi) is 4.51. The van der Waals surface area contributed by atoms with Crippen LogP contribution in [-0.2, 0) is 19.6 Å². The summed E-state index contributed by atoms with van der Waals surface area (Å²) in [5.74, 6) is -2.53. The molecule has 0 saturated carbocycles. The quantitative estimate of drug-likeness (QED) is 0.552. The van der Waals surface area contributed by atoms with E-state index in [9.17, 15) is 18.0 Å². The topological polar surface area (TPSA) is 118 Å². The Morgan fingerprint density at radius 3 is 2.29 bits per heavy atom. The number of carboxylic acid groups (broad SMARTS) is 1. The Morgan fingerprint density at radius 1 is 1.43 bits per heavy atom.